The first-order valence-electron chi connectivity index (χ1n) is 10.3. The number of hydrogen-bond acceptors (Lipinski definition) is 5. The van der Waals surface area contributed by atoms with E-state index >= 15 is 0 Å². The molecule has 4 rings (SSSR count). The van der Waals surface area contributed by atoms with Gasteiger partial charge >= 0.3 is 0 Å². The van der Waals surface area contributed by atoms with Crippen molar-refractivity contribution in [2.24, 2.45) is 5.92 Å². The van der Waals surface area contributed by atoms with E-state index in [-0.39, 0.29) is 29.7 Å². The van der Waals surface area contributed by atoms with Gasteiger partial charge in [-0.25, -0.2) is 4.98 Å². The highest BCUT2D eigenvalue weighted by Crippen LogP contribution is 2.35. The summed E-state index contributed by atoms with van der Waals surface area (Å²) >= 11 is 1.48. The third kappa shape index (κ3) is 4.24. The van der Waals surface area contributed by atoms with Gasteiger partial charge in [-0.3, -0.25) is 19.0 Å². The summed E-state index contributed by atoms with van der Waals surface area (Å²) < 4.78 is 1.35. The van der Waals surface area contributed by atoms with Gasteiger partial charge in [-0.2, -0.15) is 0 Å². The Kier molecular flexibility index (Phi) is 6.01. The van der Waals surface area contributed by atoms with Crippen LogP contribution in [0.2, 0.25) is 0 Å². The van der Waals surface area contributed by atoms with Crippen LogP contribution >= 0.6 is 11.3 Å². The van der Waals surface area contributed by atoms with Crippen molar-refractivity contribution in [1.82, 2.24) is 9.55 Å². The number of aryl methyl sites for hydroxylation is 1. The molecule has 0 bridgehead atoms. The lowest BCUT2D eigenvalue weighted by atomic mass is 10.1. The fourth-order valence-electron chi connectivity index (χ4n) is 3.41. The maximum absolute atomic E-state index is 13.1. The van der Waals surface area contributed by atoms with E-state index in [4.69, 9.17) is 0 Å². The number of hydrogen-bond donors (Lipinski definition) is 1. The second-order valence-corrected chi connectivity index (χ2v) is 8.92. The highest BCUT2D eigenvalue weighted by Gasteiger charge is 2.17. The zero-order valence-corrected chi connectivity index (χ0v) is 18.9. The number of benzene rings is 2. The van der Waals surface area contributed by atoms with Crippen molar-refractivity contribution >= 4 is 38.9 Å². The Morgan fingerprint density at radius 1 is 1.06 bits per heavy atom. The Labute approximate surface area is 189 Å². The van der Waals surface area contributed by atoms with E-state index in [0.29, 0.717) is 21.5 Å². The lowest BCUT2D eigenvalue weighted by Crippen LogP contribution is -2.24. The van der Waals surface area contributed by atoms with Crippen LogP contribution in [0.5, 0.6) is 0 Å². The van der Waals surface area contributed by atoms with Crippen LogP contribution < -0.4 is 10.9 Å². The molecule has 0 saturated heterocycles. The number of Topliss-reactive ketones (excluding diaryl/α,β-unsaturated/α-hetero) is 1. The van der Waals surface area contributed by atoms with Crippen molar-refractivity contribution in [3.8, 4) is 10.4 Å². The van der Waals surface area contributed by atoms with E-state index in [2.05, 4.69) is 10.3 Å². The summed E-state index contributed by atoms with van der Waals surface area (Å²) in [7, 11) is 0. The van der Waals surface area contributed by atoms with Crippen LogP contribution in [0.15, 0.2) is 65.7 Å². The molecule has 0 aliphatic rings. The van der Waals surface area contributed by atoms with Gasteiger partial charge in [-0.15, -0.1) is 11.3 Å². The van der Waals surface area contributed by atoms with Crippen molar-refractivity contribution < 1.29 is 9.59 Å². The summed E-state index contributed by atoms with van der Waals surface area (Å²) in [5, 5.41) is 3.35. The third-order valence-electron chi connectivity index (χ3n) is 5.27. The summed E-state index contributed by atoms with van der Waals surface area (Å²) in [5.41, 5.74) is 2.79. The van der Waals surface area contributed by atoms with E-state index in [9.17, 15) is 14.4 Å². The van der Waals surface area contributed by atoms with Gasteiger partial charge in [0.05, 0.1) is 18.3 Å². The minimum absolute atomic E-state index is 0.0870. The Hall–Kier alpha value is -3.58. The zero-order chi connectivity index (χ0) is 22.8. The van der Waals surface area contributed by atoms with Gasteiger partial charge in [0.1, 0.15) is 4.83 Å². The molecule has 7 heteroatoms. The van der Waals surface area contributed by atoms with Crippen LogP contribution in [0.3, 0.4) is 0 Å². The zero-order valence-electron chi connectivity index (χ0n) is 18.1. The molecule has 2 aromatic heterocycles. The van der Waals surface area contributed by atoms with Gasteiger partial charge in [0.25, 0.3) is 5.56 Å². The minimum atomic E-state index is -0.222. The number of amides is 1. The molecule has 32 heavy (non-hydrogen) atoms. The van der Waals surface area contributed by atoms with E-state index in [1.165, 1.54) is 22.2 Å². The van der Waals surface area contributed by atoms with Crippen molar-refractivity contribution in [3.05, 3.63) is 82.4 Å². The van der Waals surface area contributed by atoms with Crippen LogP contribution in [-0.4, -0.2) is 21.2 Å². The number of nitrogens with one attached hydrogen (secondary N) is 1. The Morgan fingerprint density at radius 2 is 1.75 bits per heavy atom. The third-order valence-corrected chi connectivity index (χ3v) is 6.51. The molecule has 0 unspecified atom stereocenters. The molecule has 0 aliphatic carbocycles. The topological polar surface area (TPSA) is 81.1 Å². The molecule has 6 nitrogen and oxygen atoms in total. The number of rotatable bonds is 6. The second-order valence-electron chi connectivity index (χ2n) is 7.92. The van der Waals surface area contributed by atoms with Crippen molar-refractivity contribution in [2.75, 3.05) is 5.32 Å². The van der Waals surface area contributed by atoms with E-state index < -0.39 is 0 Å². The molecule has 0 fully saturated rings. The monoisotopic (exact) mass is 445 g/mol. The number of anilines is 1. The number of carbonyl (C=O) groups excluding carboxylic acids is 2. The first kappa shape index (κ1) is 21.6. The van der Waals surface area contributed by atoms with Gasteiger partial charge in [-0.05, 0) is 42.3 Å². The number of thiophene rings is 1. The second kappa shape index (κ2) is 8.88. The van der Waals surface area contributed by atoms with E-state index in [0.717, 1.165) is 16.0 Å². The molecule has 0 aliphatic heterocycles. The number of nitrogens with zero attached hydrogens (tertiary/aromatic N) is 2. The highest BCUT2D eigenvalue weighted by atomic mass is 32.1. The first-order valence-corrected chi connectivity index (χ1v) is 11.1. The number of ketones is 1. The van der Waals surface area contributed by atoms with Gasteiger partial charge in [-0.1, -0.05) is 44.2 Å². The molecule has 0 atom stereocenters. The lowest BCUT2D eigenvalue weighted by Gasteiger charge is -2.09. The molecule has 1 N–H and O–H groups in total. The molecule has 2 aromatic carbocycles. The van der Waals surface area contributed by atoms with Crippen LogP contribution in [0.1, 0.15) is 29.8 Å². The fourth-order valence-corrected chi connectivity index (χ4v) is 4.55. The molecule has 0 saturated carbocycles. The maximum atomic E-state index is 13.1. The quantitative estimate of drug-likeness (QED) is 0.428. The summed E-state index contributed by atoms with van der Waals surface area (Å²) in [6, 6.07) is 16.6. The lowest BCUT2D eigenvalue weighted by molar-refractivity contribution is -0.118. The van der Waals surface area contributed by atoms with Gasteiger partial charge in [0.2, 0.25) is 5.91 Å². The van der Waals surface area contributed by atoms with Crippen LogP contribution in [0.25, 0.3) is 20.7 Å². The molecule has 0 radical (unpaired) electrons. The van der Waals surface area contributed by atoms with E-state index in [1.807, 2.05) is 51.1 Å². The van der Waals surface area contributed by atoms with Crippen molar-refractivity contribution in [3.63, 3.8) is 0 Å². The van der Waals surface area contributed by atoms with Gasteiger partial charge < -0.3 is 5.32 Å². The predicted octanol–water partition coefficient (Wildman–Crippen LogP) is 4.91. The van der Waals surface area contributed by atoms with Crippen molar-refractivity contribution in [2.45, 2.75) is 27.3 Å². The summed E-state index contributed by atoms with van der Waals surface area (Å²) in [4.78, 5) is 43.8. The molecule has 4 aromatic rings. The molecular weight excluding hydrogens is 422 g/mol. The van der Waals surface area contributed by atoms with Crippen molar-refractivity contribution in [1.29, 1.82) is 0 Å². The first-order chi connectivity index (χ1) is 15.3. The Morgan fingerprint density at radius 3 is 2.41 bits per heavy atom. The average molecular weight is 446 g/mol. The van der Waals surface area contributed by atoms with Crippen LogP contribution in [0.4, 0.5) is 5.69 Å². The van der Waals surface area contributed by atoms with Gasteiger partial charge in [0.15, 0.2) is 5.78 Å². The predicted molar refractivity (Wildman–Crippen MR) is 128 cm³/mol. The molecule has 0 spiro atoms. The van der Waals surface area contributed by atoms with Crippen LogP contribution in [-0.2, 0) is 11.3 Å². The Balaban J connectivity index is 1.58. The smallest absolute Gasteiger partial charge is 0.262 e. The maximum Gasteiger partial charge on any atom is 0.262 e. The summed E-state index contributed by atoms with van der Waals surface area (Å²) in [5.74, 6) is -0.421. The number of carbonyl (C=O) groups is 2. The van der Waals surface area contributed by atoms with Crippen LogP contribution in [0, 0.1) is 12.8 Å². The normalized spacial score (nSPS) is 11.1. The van der Waals surface area contributed by atoms with E-state index in [1.54, 1.807) is 24.3 Å². The number of aromatic nitrogens is 2. The SMILES string of the molecule is Cc1c(-c2ccccc2)sc2ncn(CC(=O)c3ccc(NC(=O)C(C)C)cc3)c(=O)c12. The fraction of sp³-hybridized carbons (Fsp3) is 0.200. The Bertz CT molecular complexity index is 1350. The summed E-state index contributed by atoms with van der Waals surface area (Å²) in [6.45, 7) is 5.44. The standard InChI is InChI=1S/C25H23N3O3S/c1-15(2)23(30)27-19-11-9-17(10-12-19)20(29)13-28-14-26-24-21(25(28)31)16(3)22(32-24)18-7-5-4-6-8-18/h4-12,14-15H,13H2,1-3H3,(H,27,30). The van der Waals surface area contributed by atoms with Gasteiger partial charge in [0, 0.05) is 22.0 Å². The minimum Gasteiger partial charge on any atom is -0.326 e. The number of fused-ring (bicyclic) bond motifs is 1. The molecule has 1 amide bonds. The molecule has 162 valence electrons. The largest absolute Gasteiger partial charge is 0.326 e. The highest BCUT2D eigenvalue weighted by molar-refractivity contribution is 7.22. The average Bonchev–Trinajstić information content (AvgIpc) is 3.13. The summed E-state index contributed by atoms with van der Waals surface area (Å²) in [6.07, 6.45) is 1.44. The molecule has 2 heterocycles. The molecular formula is C25H23N3O3S.